The number of carbonyl (C=O) groups excluding carboxylic acids is 2. The number of aryl methyl sites for hydroxylation is 4. The number of amides is 1. The number of fused-ring (bicyclic) bond motifs is 2. The number of ketones is 1. The van der Waals surface area contributed by atoms with E-state index in [1.165, 1.54) is 16.2 Å². The lowest BCUT2D eigenvalue weighted by molar-refractivity contribution is -0.132. The highest BCUT2D eigenvalue weighted by molar-refractivity contribution is 7.22. The average molecular weight is 539 g/mol. The Morgan fingerprint density at radius 2 is 1.79 bits per heavy atom. The zero-order chi connectivity index (χ0) is 27.6. The number of pyridine rings is 1. The highest BCUT2D eigenvalue weighted by Gasteiger charge is 2.48. The quantitative estimate of drug-likeness (QED) is 0.176. The van der Waals surface area contributed by atoms with Gasteiger partial charge in [-0.05, 0) is 74.2 Å². The molecule has 3 aromatic heterocycles. The number of ether oxygens (including phenoxy) is 1. The van der Waals surface area contributed by atoms with Gasteiger partial charge in [0, 0.05) is 6.20 Å². The van der Waals surface area contributed by atoms with E-state index in [1.54, 1.807) is 25.3 Å². The number of imidazole rings is 1. The van der Waals surface area contributed by atoms with Crippen molar-refractivity contribution < 1.29 is 19.4 Å². The molecule has 9 heteroatoms. The lowest BCUT2D eigenvalue weighted by Gasteiger charge is -2.23. The summed E-state index contributed by atoms with van der Waals surface area (Å²) >= 11 is 1.34. The Kier molecular flexibility index (Phi) is 5.76. The summed E-state index contributed by atoms with van der Waals surface area (Å²) < 4.78 is 8.22. The SMILES string of the molecule is COc1cccc(C2/C(=C(\O)c3nc4c(C)cccn4c3C)C(=O)C(=O)N2c2nc3c(C)cc(C)cc3s2)c1. The molecule has 0 spiro atoms. The summed E-state index contributed by atoms with van der Waals surface area (Å²) in [6.07, 6.45) is 1.85. The van der Waals surface area contributed by atoms with Gasteiger partial charge in [0.05, 0.1) is 34.6 Å². The molecule has 39 heavy (non-hydrogen) atoms. The van der Waals surface area contributed by atoms with Crippen LogP contribution in [0.25, 0.3) is 21.6 Å². The molecular formula is C30H26N4O4S. The second-order valence-electron chi connectivity index (χ2n) is 9.80. The predicted octanol–water partition coefficient (Wildman–Crippen LogP) is 5.81. The Bertz CT molecular complexity index is 1870. The van der Waals surface area contributed by atoms with E-state index >= 15 is 0 Å². The van der Waals surface area contributed by atoms with Crippen molar-refractivity contribution in [1.29, 1.82) is 0 Å². The third kappa shape index (κ3) is 3.80. The molecule has 6 rings (SSSR count). The van der Waals surface area contributed by atoms with Crippen molar-refractivity contribution in [3.63, 3.8) is 0 Å². The molecule has 1 unspecified atom stereocenters. The summed E-state index contributed by atoms with van der Waals surface area (Å²) in [6, 6.07) is 14.1. The van der Waals surface area contributed by atoms with Crippen LogP contribution >= 0.6 is 11.3 Å². The highest BCUT2D eigenvalue weighted by atomic mass is 32.1. The highest BCUT2D eigenvalue weighted by Crippen LogP contribution is 2.45. The molecule has 4 heterocycles. The van der Waals surface area contributed by atoms with Gasteiger partial charge in [0.15, 0.2) is 10.9 Å². The molecule has 1 fully saturated rings. The van der Waals surface area contributed by atoms with Crippen LogP contribution in [0.4, 0.5) is 5.13 Å². The monoisotopic (exact) mass is 538 g/mol. The standard InChI is InChI=1S/C30H26N4O4S/c1-15-12-17(3)23-21(13-15)39-30(32-23)34-25(19-9-6-10-20(14-19)38-5)22(27(36)29(34)37)26(35)24-18(4)33-11-7-8-16(2)28(33)31-24/h6-14,25,35H,1-5H3/b26-22+. The molecular weight excluding hydrogens is 512 g/mol. The molecule has 5 aromatic rings. The van der Waals surface area contributed by atoms with Crippen LogP contribution in [0.5, 0.6) is 5.75 Å². The van der Waals surface area contributed by atoms with Gasteiger partial charge in [-0.15, -0.1) is 0 Å². The number of aliphatic hydroxyl groups excluding tert-OH is 1. The fourth-order valence-corrected chi connectivity index (χ4v) is 6.46. The second kappa shape index (κ2) is 9.06. The van der Waals surface area contributed by atoms with Crippen LogP contribution in [-0.2, 0) is 9.59 Å². The van der Waals surface area contributed by atoms with Gasteiger partial charge in [-0.25, -0.2) is 9.97 Å². The van der Waals surface area contributed by atoms with Crippen LogP contribution in [0.15, 0.2) is 60.3 Å². The van der Waals surface area contributed by atoms with Gasteiger partial charge in [-0.3, -0.25) is 14.5 Å². The first-order chi connectivity index (χ1) is 18.7. The van der Waals surface area contributed by atoms with E-state index in [9.17, 15) is 14.7 Å². The number of methoxy groups -OCH3 is 1. The molecule has 0 bridgehead atoms. The number of anilines is 1. The molecule has 1 aliphatic heterocycles. The molecule has 0 saturated carbocycles. The molecule has 1 atom stereocenters. The van der Waals surface area contributed by atoms with Gasteiger partial charge in [-0.1, -0.05) is 35.6 Å². The molecule has 8 nitrogen and oxygen atoms in total. The Balaban J connectivity index is 1.61. The smallest absolute Gasteiger partial charge is 0.301 e. The van der Waals surface area contributed by atoms with Crippen LogP contribution in [0.3, 0.4) is 0 Å². The topological polar surface area (TPSA) is 97.0 Å². The normalized spacial score (nSPS) is 17.1. The van der Waals surface area contributed by atoms with Gasteiger partial charge in [0.2, 0.25) is 0 Å². The molecule has 1 aliphatic rings. The van der Waals surface area contributed by atoms with Crippen molar-refractivity contribution in [2.24, 2.45) is 0 Å². The van der Waals surface area contributed by atoms with Crippen molar-refractivity contribution in [2.75, 3.05) is 12.0 Å². The van der Waals surface area contributed by atoms with Crippen molar-refractivity contribution in [2.45, 2.75) is 33.7 Å². The summed E-state index contributed by atoms with van der Waals surface area (Å²) in [5.74, 6) is -1.30. The van der Waals surface area contributed by atoms with Gasteiger partial charge in [0.25, 0.3) is 5.78 Å². The van der Waals surface area contributed by atoms with E-state index < -0.39 is 17.7 Å². The zero-order valence-electron chi connectivity index (χ0n) is 22.1. The van der Waals surface area contributed by atoms with Crippen LogP contribution < -0.4 is 9.64 Å². The van der Waals surface area contributed by atoms with Gasteiger partial charge < -0.3 is 14.2 Å². The third-order valence-electron chi connectivity index (χ3n) is 7.19. The van der Waals surface area contributed by atoms with E-state index in [0.29, 0.717) is 27.8 Å². The molecule has 0 aliphatic carbocycles. The lowest BCUT2D eigenvalue weighted by Crippen LogP contribution is -2.29. The van der Waals surface area contributed by atoms with E-state index in [0.717, 1.165) is 26.9 Å². The van der Waals surface area contributed by atoms with Crippen LogP contribution in [0.1, 0.15) is 39.7 Å². The predicted molar refractivity (Wildman–Crippen MR) is 152 cm³/mol. The summed E-state index contributed by atoms with van der Waals surface area (Å²) in [6.45, 7) is 7.73. The van der Waals surface area contributed by atoms with Crippen molar-refractivity contribution in [1.82, 2.24) is 14.4 Å². The Morgan fingerprint density at radius 3 is 2.54 bits per heavy atom. The van der Waals surface area contributed by atoms with E-state index in [-0.39, 0.29) is 17.0 Å². The minimum atomic E-state index is -0.924. The minimum Gasteiger partial charge on any atom is -0.505 e. The Labute approximate surface area is 228 Å². The zero-order valence-corrected chi connectivity index (χ0v) is 23.0. The minimum absolute atomic E-state index is 0.0374. The number of benzene rings is 2. The van der Waals surface area contributed by atoms with E-state index in [1.807, 2.05) is 68.6 Å². The molecule has 1 N–H and O–H groups in total. The molecule has 0 radical (unpaired) electrons. The van der Waals surface area contributed by atoms with Crippen LogP contribution in [0.2, 0.25) is 0 Å². The van der Waals surface area contributed by atoms with E-state index in [4.69, 9.17) is 9.72 Å². The lowest BCUT2D eigenvalue weighted by atomic mass is 9.96. The number of rotatable bonds is 4. The second-order valence-corrected chi connectivity index (χ2v) is 10.8. The first-order valence-electron chi connectivity index (χ1n) is 12.5. The number of nitrogens with zero attached hydrogens (tertiary/aromatic N) is 4. The molecule has 196 valence electrons. The first kappa shape index (κ1) is 24.8. The van der Waals surface area contributed by atoms with Gasteiger partial charge in [0.1, 0.15) is 17.1 Å². The number of thiazole rings is 1. The number of Topliss-reactive ketones (excluding diaryl/α,β-unsaturated/α-hetero) is 1. The average Bonchev–Trinajstić information content (AvgIpc) is 3.57. The van der Waals surface area contributed by atoms with Crippen molar-refractivity contribution in [3.8, 4) is 5.75 Å². The number of hydrogen-bond donors (Lipinski definition) is 1. The summed E-state index contributed by atoms with van der Waals surface area (Å²) in [4.78, 5) is 38.2. The first-order valence-corrected chi connectivity index (χ1v) is 13.3. The summed E-state index contributed by atoms with van der Waals surface area (Å²) in [7, 11) is 1.55. The van der Waals surface area contributed by atoms with Gasteiger partial charge >= 0.3 is 5.91 Å². The molecule has 1 saturated heterocycles. The van der Waals surface area contributed by atoms with Crippen molar-refractivity contribution in [3.05, 3.63) is 93.9 Å². The number of aromatic nitrogens is 3. The molecule has 1 amide bonds. The Morgan fingerprint density at radius 1 is 1.00 bits per heavy atom. The number of aliphatic hydroxyl groups is 1. The third-order valence-corrected chi connectivity index (χ3v) is 8.19. The van der Waals surface area contributed by atoms with Gasteiger partial charge in [-0.2, -0.15) is 0 Å². The molecule has 2 aromatic carbocycles. The fourth-order valence-electron chi connectivity index (χ4n) is 5.29. The van der Waals surface area contributed by atoms with Crippen LogP contribution in [0, 0.1) is 27.7 Å². The summed E-state index contributed by atoms with van der Waals surface area (Å²) in [5.41, 5.74) is 5.92. The number of hydrogen-bond acceptors (Lipinski definition) is 7. The van der Waals surface area contributed by atoms with E-state index in [2.05, 4.69) is 4.98 Å². The van der Waals surface area contributed by atoms with Crippen LogP contribution in [-0.4, -0.2) is 38.3 Å². The summed E-state index contributed by atoms with van der Waals surface area (Å²) in [5, 5.41) is 12.1. The Hall–Kier alpha value is -4.50. The maximum atomic E-state index is 13.7. The van der Waals surface area contributed by atoms with Crippen molar-refractivity contribution >= 4 is 49.8 Å². The number of carbonyl (C=O) groups is 2. The maximum absolute atomic E-state index is 13.7. The maximum Gasteiger partial charge on any atom is 0.301 e. The fraction of sp³-hybridized carbons (Fsp3) is 0.200. The largest absolute Gasteiger partial charge is 0.505 e.